The Morgan fingerprint density at radius 1 is 1.27 bits per heavy atom. The Hall–Kier alpha value is -2.93. The molecular formula is C26H31N3O4. The number of hydrogen-bond donors (Lipinski definition) is 1. The van der Waals surface area contributed by atoms with Crippen molar-refractivity contribution in [3.05, 3.63) is 53.4 Å². The third-order valence-electron chi connectivity index (χ3n) is 7.35. The molecule has 2 aromatic rings. The van der Waals surface area contributed by atoms with Crippen LogP contribution in [0.2, 0.25) is 0 Å². The topological polar surface area (TPSA) is 83.0 Å². The quantitative estimate of drug-likeness (QED) is 0.762. The molecule has 1 aromatic heterocycles. The van der Waals surface area contributed by atoms with Gasteiger partial charge in [0.05, 0.1) is 29.8 Å². The van der Waals surface area contributed by atoms with Crippen LogP contribution in [-0.2, 0) is 27.4 Å². The van der Waals surface area contributed by atoms with Gasteiger partial charge < -0.3 is 19.6 Å². The number of carboxylic acids is 1. The highest BCUT2D eigenvalue weighted by Gasteiger charge is 2.53. The number of para-hydroxylation sites is 1. The van der Waals surface area contributed by atoms with Gasteiger partial charge in [0, 0.05) is 23.7 Å². The second kappa shape index (κ2) is 7.83. The van der Waals surface area contributed by atoms with E-state index >= 15 is 0 Å². The molecular weight excluding hydrogens is 418 g/mol. The Bertz CT molecular complexity index is 1110. The highest BCUT2D eigenvalue weighted by atomic mass is 16.5. The van der Waals surface area contributed by atoms with Gasteiger partial charge in [0.1, 0.15) is 12.1 Å². The van der Waals surface area contributed by atoms with E-state index in [4.69, 9.17) is 9.72 Å². The van der Waals surface area contributed by atoms with E-state index in [1.54, 1.807) is 0 Å². The Kier molecular flexibility index (Phi) is 5.20. The van der Waals surface area contributed by atoms with Crippen LogP contribution < -0.4 is 0 Å². The number of carbonyl (C=O) groups excluding carboxylic acids is 1. The largest absolute Gasteiger partial charge is 0.481 e. The molecule has 1 aromatic carbocycles. The molecule has 0 bridgehead atoms. The number of amides is 1. The summed E-state index contributed by atoms with van der Waals surface area (Å²) < 4.78 is 6.30. The number of rotatable bonds is 4. The third-order valence-corrected chi connectivity index (χ3v) is 7.35. The predicted octanol–water partition coefficient (Wildman–Crippen LogP) is 3.92. The van der Waals surface area contributed by atoms with E-state index in [1.807, 2.05) is 49.2 Å². The molecule has 7 heteroatoms. The second-order valence-electron chi connectivity index (χ2n) is 10.1. The maximum atomic E-state index is 14.0. The van der Waals surface area contributed by atoms with E-state index < -0.39 is 24.0 Å². The van der Waals surface area contributed by atoms with Crippen LogP contribution in [0.4, 0.5) is 0 Å². The third kappa shape index (κ3) is 3.59. The molecule has 3 aliphatic heterocycles. The number of aliphatic carboxylic acids is 1. The summed E-state index contributed by atoms with van der Waals surface area (Å²) >= 11 is 0. The molecule has 4 heterocycles. The first-order valence-corrected chi connectivity index (χ1v) is 11.7. The first kappa shape index (κ1) is 21.9. The molecule has 0 spiro atoms. The molecule has 1 amide bonds. The van der Waals surface area contributed by atoms with Gasteiger partial charge in [-0.15, -0.1) is 0 Å². The lowest BCUT2D eigenvalue weighted by Gasteiger charge is -2.48. The zero-order chi connectivity index (χ0) is 23.5. The maximum Gasteiger partial charge on any atom is 0.310 e. The molecule has 0 radical (unpaired) electrons. The lowest BCUT2D eigenvalue weighted by Crippen LogP contribution is -2.57. The average molecular weight is 450 g/mol. The highest BCUT2D eigenvalue weighted by Crippen LogP contribution is 2.45. The van der Waals surface area contributed by atoms with Crippen LogP contribution in [0.15, 0.2) is 42.1 Å². The molecule has 1 fully saturated rings. The molecule has 4 atom stereocenters. The second-order valence-corrected chi connectivity index (χ2v) is 10.1. The summed E-state index contributed by atoms with van der Waals surface area (Å²) in [6.07, 6.45) is 2.63. The van der Waals surface area contributed by atoms with Gasteiger partial charge in [0.2, 0.25) is 5.91 Å². The first-order chi connectivity index (χ1) is 15.7. The first-order valence-electron chi connectivity index (χ1n) is 11.7. The van der Waals surface area contributed by atoms with Crippen LogP contribution in [0, 0.1) is 11.8 Å². The van der Waals surface area contributed by atoms with Crippen LogP contribution in [-0.4, -0.2) is 49.6 Å². The van der Waals surface area contributed by atoms with Crippen molar-refractivity contribution in [3.63, 3.8) is 0 Å². The lowest BCUT2D eigenvalue weighted by molar-refractivity contribution is -0.179. The maximum absolute atomic E-state index is 14.0. The van der Waals surface area contributed by atoms with Crippen LogP contribution in [0.3, 0.4) is 0 Å². The number of fused-ring (bicyclic) bond motifs is 3. The lowest BCUT2D eigenvalue weighted by atomic mass is 9.85. The standard InChI is InChI=1S/C26H31N3O4/c1-5-18(25(31)32)19-13-29-24(33-15(2)11-26(29,3)4)22(19)23(30)28-12-17-10-16-8-6-7-9-20(16)27-21(17)14-28/h6-10,13,15,18,22,24H,5,11-12,14H2,1-4H3,(H,31,32). The summed E-state index contributed by atoms with van der Waals surface area (Å²) in [5.74, 6) is -2.34. The number of carbonyl (C=O) groups is 2. The van der Waals surface area contributed by atoms with E-state index in [2.05, 4.69) is 24.8 Å². The van der Waals surface area contributed by atoms with Gasteiger partial charge in [-0.1, -0.05) is 25.1 Å². The summed E-state index contributed by atoms with van der Waals surface area (Å²) in [7, 11) is 0. The number of carboxylic acid groups (broad SMARTS) is 1. The van der Waals surface area contributed by atoms with Gasteiger partial charge in [-0.3, -0.25) is 14.6 Å². The molecule has 0 aliphatic carbocycles. The molecule has 5 rings (SSSR count). The molecule has 1 N–H and O–H groups in total. The molecule has 1 saturated heterocycles. The summed E-state index contributed by atoms with van der Waals surface area (Å²) in [6.45, 7) is 9.04. The van der Waals surface area contributed by atoms with Gasteiger partial charge in [0.25, 0.3) is 0 Å². The smallest absolute Gasteiger partial charge is 0.310 e. The fourth-order valence-corrected chi connectivity index (χ4v) is 5.79. The van der Waals surface area contributed by atoms with Crippen molar-refractivity contribution in [2.45, 2.75) is 71.5 Å². The minimum Gasteiger partial charge on any atom is -0.481 e. The fraction of sp³-hybridized carbons (Fsp3) is 0.500. The van der Waals surface area contributed by atoms with Gasteiger partial charge in [-0.05, 0) is 56.9 Å². The van der Waals surface area contributed by atoms with E-state index in [9.17, 15) is 14.7 Å². The molecule has 7 nitrogen and oxygen atoms in total. The number of nitrogens with zero attached hydrogens (tertiary/aromatic N) is 3. The summed E-state index contributed by atoms with van der Waals surface area (Å²) in [6, 6.07) is 10.1. The number of benzene rings is 1. The van der Waals surface area contributed by atoms with Gasteiger partial charge in [0.15, 0.2) is 0 Å². The van der Waals surface area contributed by atoms with Crippen molar-refractivity contribution in [1.82, 2.24) is 14.8 Å². The molecule has 4 unspecified atom stereocenters. The zero-order valence-electron chi connectivity index (χ0n) is 19.6. The van der Waals surface area contributed by atoms with Crippen molar-refractivity contribution in [2.75, 3.05) is 0 Å². The van der Waals surface area contributed by atoms with Crippen LogP contribution in [0.5, 0.6) is 0 Å². The van der Waals surface area contributed by atoms with Crippen LogP contribution in [0.25, 0.3) is 10.9 Å². The van der Waals surface area contributed by atoms with Crippen molar-refractivity contribution in [3.8, 4) is 0 Å². The van der Waals surface area contributed by atoms with Crippen molar-refractivity contribution >= 4 is 22.8 Å². The van der Waals surface area contributed by atoms with Crippen LogP contribution >= 0.6 is 0 Å². The van der Waals surface area contributed by atoms with Crippen molar-refractivity contribution in [2.24, 2.45) is 11.8 Å². The van der Waals surface area contributed by atoms with Crippen LogP contribution in [0.1, 0.15) is 51.8 Å². The Morgan fingerprint density at radius 2 is 2.03 bits per heavy atom. The van der Waals surface area contributed by atoms with E-state index in [0.717, 1.165) is 28.6 Å². The Labute approximate surface area is 194 Å². The van der Waals surface area contributed by atoms with E-state index in [1.165, 1.54) is 0 Å². The zero-order valence-corrected chi connectivity index (χ0v) is 19.6. The minimum absolute atomic E-state index is 0.0167. The average Bonchev–Trinajstić information content (AvgIpc) is 3.33. The van der Waals surface area contributed by atoms with E-state index in [-0.39, 0.29) is 17.6 Å². The summed E-state index contributed by atoms with van der Waals surface area (Å²) in [5, 5.41) is 11.0. The highest BCUT2D eigenvalue weighted by molar-refractivity contribution is 5.87. The molecule has 174 valence electrons. The van der Waals surface area contributed by atoms with Gasteiger partial charge in [-0.2, -0.15) is 0 Å². The van der Waals surface area contributed by atoms with Crippen molar-refractivity contribution < 1.29 is 19.4 Å². The molecule has 3 aliphatic rings. The van der Waals surface area contributed by atoms with Crippen molar-refractivity contribution in [1.29, 1.82) is 0 Å². The van der Waals surface area contributed by atoms with E-state index in [0.29, 0.717) is 25.1 Å². The van der Waals surface area contributed by atoms with Gasteiger partial charge in [-0.25, -0.2) is 0 Å². The fourth-order valence-electron chi connectivity index (χ4n) is 5.79. The Morgan fingerprint density at radius 3 is 2.76 bits per heavy atom. The Balaban J connectivity index is 1.49. The number of aromatic nitrogens is 1. The summed E-state index contributed by atoms with van der Waals surface area (Å²) in [4.78, 5) is 34.8. The summed E-state index contributed by atoms with van der Waals surface area (Å²) in [5.41, 5.74) is 3.29. The minimum atomic E-state index is -0.898. The predicted molar refractivity (Wildman–Crippen MR) is 124 cm³/mol. The normalized spacial score (nSPS) is 26.7. The molecule has 0 saturated carbocycles. The van der Waals surface area contributed by atoms with Gasteiger partial charge >= 0.3 is 5.97 Å². The molecule has 33 heavy (non-hydrogen) atoms. The monoisotopic (exact) mass is 449 g/mol. The SMILES string of the molecule is CCC(C(=O)O)C1=CN2C(OC(C)CC2(C)C)C1C(=O)N1Cc2cc3ccccc3nc2C1. The number of hydrogen-bond acceptors (Lipinski definition) is 5. The number of pyridine rings is 1. The number of ether oxygens (including phenoxy) is 1.